The molecule has 2 aliphatic rings. The molecule has 5 heteroatoms. The smallest absolute Gasteiger partial charge is 0.225 e. The molecule has 0 spiro atoms. The second kappa shape index (κ2) is 6.24. The van der Waals surface area contributed by atoms with E-state index in [2.05, 4.69) is 24.3 Å². The first-order valence-corrected chi connectivity index (χ1v) is 8.85. The highest BCUT2D eigenvalue weighted by Crippen LogP contribution is 2.33. The number of thioether (sulfide) groups is 1. The van der Waals surface area contributed by atoms with Gasteiger partial charge in [-0.2, -0.15) is 11.8 Å². The summed E-state index contributed by atoms with van der Waals surface area (Å²) in [6, 6.07) is 0. The highest BCUT2D eigenvalue weighted by atomic mass is 32.2. The Morgan fingerprint density at radius 3 is 2.70 bits per heavy atom. The van der Waals surface area contributed by atoms with E-state index >= 15 is 0 Å². The Hall–Kier alpha value is -0.260. The Morgan fingerprint density at radius 2 is 2.15 bits per heavy atom. The summed E-state index contributed by atoms with van der Waals surface area (Å²) in [7, 11) is 4.23. The number of hydrogen-bond acceptors (Lipinski definition) is 4. The topological polar surface area (TPSA) is 58.4 Å². The van der Waals surface area contributed by atoms with Gasteiger partial charge in [0.2, 0.25) is 5.91 Å². The van der Waals surface area contributed by atoms with Gasteiger partial charge in [-0.15, -0.1) is 0 Å². The zero-order valence-electron chi connectivity index (χ0n) is 13.1. The number of rotatable bonds is 4. The first kappa shape index (κ1) is 16.1. The predicted octanol–water partition coefficient (Wildman–Crippen LogP) is 1.45. The van der Waals surface area contributed by atoms with Crippen LogP contribution in [0.15, 0.2) is 0 Å². The van der Waals surface area contributed by atoms with Crippen molar-refractivity contribution in [2.75, 3.05) is 32.1 Å². The van der Waals surface area contributed by atoms with Crippen LogP contribution in [0.5, 0.6) is 0 Å². The van der Waals surface area contributed by atoms with Crippen LogP contribution in [0, 0.1) is 5.92 Å². The molecule has 1 amide bonds. The SMILES string of the molecule is CN(C)C1(CNC(=O)C2CCCCC2(C)N)CCSC1. The molecule has 3 atom stereocenters. The van der Waals surface area contributed by atoms with Crippen molar-refractivity contribution in [3.63, 3.8) is 0 Å². The number of likely N-dealkylation sites (N-methyl/N-ethyl adjacent to an activating group) is 1. The van der Waals surface area contributed by atoms with Crippen LogP contribution in [0.25, 0.3) is 0 Å². The van der Waals surface area contributed by atoms with Crippen LogP contribution in [0.1, 0.15) is 39.0 Å². The summed E-state index contributed by atoms with van der Waals surface area (Å²) < 4.78 is 0. The summed E-state index contributed by atoms with van der Waals surface area (Å²) in [6.07, 6.45) is 5.31. The Bertz CT molecular complexity index is 351. The molecule has 1 aliphatic carbocycles. The van der Waals surface area contributed by atoms with E-state index in [0.29, 0.717) is 0 Å². The summed E-state index contributed by atoms with van der Waals surface area (Å²) in [5.74, 6) is 2.43. The monoisotopic (exact) mass is 299 g/mol. The van der Waals surface area contributed by atoms with Crippen LogP contribution in [0.2, 0.25) is 0 Å². The van der Waals surface area contributed by atoms with Crippen LogP contribution in [0.4, 0.5) is 0 Å². The van der Waals surface area contributed by atoms with Crippen LogP contribution in [-0.4, -0.2) is 54.0 Å². The first-order valence-electron chi connectivity index (χ1n) is 7.69. The van der Waals surface area contributed by atoms with Gasteiger partial charge in [0, 0.05) is 23.4 Å². The van der Waals surface area contributed by atoms with Gasteiger partial charge in [-0.3, -0.25) is 4.79 Å². The molecule has 0 aromatic rings. The summed E-state index contributed by atoms with van der Waals surface area (Å²) in [5.41, 5.74) is 6.11. The second-order valence-electron chi connectivity index (χ2n) is 6.94. The molecule has 20 heavy (non-hydrogen) atoms. The van der Waals surface area contributed by atoms with Crippen molar-refractivity contribution in [1.29, 1.82) is 0 Å². The number of amides is 1. The third kappa shape index (κ3) is 3.31. The van der Waals surface area contributed by atoms with E-state index < -0.39 is 0 Å². The minimum atomic E-state index is -0.335. The first-order chi connectivity index (χ1) is 9.37. The molecule has 0 aromatic heterocycles. The fourth-order valence-corrected chi connectivity index (χ4v) is 4.96. The van der Waals surface area contributed by atoms with E-state index in [1.165, 1.54) is 5.75 Å². The van der Waals surface area contributed by atoms with Crippen LogP contribution >= 0.6 is 11.8 Å². The van der Waals surface area contributed by atoms with E-state index in [-0.39, 0.29) is 22.9 Å². The van der Waals surface area contributed by atoms with Gasteiger partial charge in [0.25, 0.3) is 0 Å². The summed E-state index contributed by atoms with van der Waals surface area (Å²) in [4.78, 5) is 14.8. The van der Waals surface area contributed by atoms with Crippen molar-refractivity contribution in [2.45, 2.75) is 50.1 Å². The summed E-state index contributed by atoms with van der Waals surface area (Å²) in [6.45, 7) is 2.78. The van der Waals surface area contributed by atoms with Crippen molar-refractivity contribution in [3.8, 4) is 0 Å². The van der Waals surface area contributed by atoms with E-state index in [0.717, 1.165) is 44.4 Å². The number of hydrogen-bond donors (Lipinski definition) is 2. The molecule has 0 radical (unpaired) electrons. The van der Waals surface area contributed by atoms with Gasteiger partial charge in [-0.25, -0.2) is 0 Å². The normalized spacial score (nSPS) is 38.1. The lowest BCUT2D eigenvalue weighted by Crippen LogP contribution is -2.57. The van der Waals surface area contributed by atoms with Gasteiger partial charge < -0.3 is 16.0 Å². The zero-order chi connectivity index (χ0) is 14.8. The highest BCUT2D eigenvalue weighted by Gasteiger charge is 2.40. The maximum absolute atomic E-state index is 12.5. The Labute approximate surface area is 127 Å². The minimum Gasteiger partial charge on any atom is -0.354 e. The molecule has 2 rings (SSSR count). The molecular weight excluding hydrogens is 270 g/mol. The molecule has 116 valence electrons. The molecule has 1 heterocycles. The number of carbonyl (C=O) groups excluding carboxylic acids is 1. The number of carbonyl (C=O) groups is 1. The third-order valence-corrected chi connectivity index (χ3v) is 6.43. The standard InChI is InChI=1S/C15H29N3OS/c1-14(16)7-5-4-6-12(14)13(19)17-10-15(18(2)3)8-9-20-11-15/h12H,4-11,16H2,1-3H3,(H,17,19). The van der Waals surface area contributed by atoms with Gasteiger partial charge in [-0.1, -0.05) is 12.8 Å². The highest BCUT2D eigenvalue weighted by molar-refractivity contribution is 7.99. The van der Waals surface area contributed by atoms with E-state index in [4.69, 9.17) is 5.73 Å². The average Bonchev–Trinajstić information content (AvgIpc) is 2.85. The molecular formula is C15H29N3OS. The Kier molecular flexibility index (Phi) is 5.03. The van der Waals surface area contributed by atoms with E-state index in [9.17, 15) is 4.79 Å². The summed E-state index contributed by atoms with van der Waals surface area (Å²) in [5, 5.41) is 3.20. The molecule has 1 saturated heterocycles. The number of nitrogens with zero attached hydrogens (tertiary/aromatic N) is 1. The largest absolute Gasteiger partial charge is 0.354 e. The number of nitrogens with one attached hydrogen (secondary N) is 1. The molecule has 4 nitrogen and oxygen atoms in total. The lowest BCUT2D eigenvalue weighted by atomic mass is 9.74. The molecule has 0 aromatic carbocycles. The van der Waals surface area contributed by atoms with Crippen molar-refractivity contribution < 1.29 is 4.79 Å². The van der Waals surface area contributed by atoms with Gasteiger partial charge in [0.05, 0.1) is 5.92 Å². The molecule has 1 aliphatic heterocycles. The van der Waals surface area contributed by atoms with Gasteiger partial charge >= 0.3 is 0 Å². The van der Waals surface area contributed by atoms with Crippen molar-refractivity contribution >= 4 is 17.7 Å². The van der Waals surface area contributed by atoms with Crippen molar-refractivity contribution in [1.82, 2.24) is 10.2 Å². The van der Waals surface area contributed by atoms with Crippen LogP contribution < -0.4 is 11.1 Å². The molecule has 2 fully saturated rings. The molecule has 3 unspecified atom stereocenters. The Morgan fingerprint density at radius 1 is 1.40 bits per heavy atom. The molecule has 1 saturated carbocycles. The van der Waals surface area contributed by atoms with Gasteiger partial charge in [0.15, 0.2) is 0 Å². The lowest BCUT2D eigenvalue weighted by Gasteiger charge is -2.39. The van der Waals surface area contributed by atoms with E-state index in [1.807, 2.05) is 18.7 Å². The van der Waals surface area contributed by atoms with Crippen molar-refractivity contribution in [2.24, 2.45) is 11.7 Å². The molecule has 3 N–H and O–H groups in total. The number of nitrogens with two attached hydrogens (primary N) is 1. The maximum atomic E-state index is 12.5. The fourth-order valence-electron chi connectivity index (χ4n) is 3.41. The maximum Gasteiger partial charge on any atom is 0.225 e. The van der Waals surface area contributed by atoms with E-state index in [1.54, 1.807) is 0 Å². The lowest BCUT2D eigenvalue weighted by molar-refractivity contribution is -0.128. The fraction of sp³-hybridized carbons (Fsp3) is 0.933. The zero-order valence-corrected chi connectivity index (χ0v) is 13.9. The third-order valence-electron chi connectivity index (χ3n) is 5.19. The van der Waals surface area contributed by atoms with Gasteiger partial charge in [0.1, 0.15) is 0 Å². The van der Waals surface area contributed by atoms with Crippen molar-refractivity contribution in [3.05, 3.63) is 0 Å². The van der Waals surface area contributed by atoms with Crippen LogP contribution in [0.3, 0.4) is 0 Å². The van der Waals surface area contributed by atoms with Gasteiger partial charge in [-0.05, 0) is 46.0 Å². The quantitative estimate of drug-likeness (QED) is 0.825. The molecule has 0 bridgehead atoms. The second-order valence-corrected chi connectivity index (χ2v) is 8.05. The Balaban J connectivity index is 1.94. The average molecular weight is 299 g/mol. The predicted molar refractivity (Wildman–Crippen MR) is 85.9 cm³/mol. The minimum absolute atomic E-state index is 0.0236. The summed E-state index contributed by atoms with van der Waals surface area (Å²) >= 11 is 1.98. The van der Waals surface area contributed by atoms with Crippen LogP contribution in [-0.2, 0) is 4.79 Å².